The molecule has 0 aromatic heterocycles. The number of hydrogen-bond donors (Lipinski definition) is 1. The van der Waals surface area contributed by atoms with Crippen LogP contribution in [0, 0.1) is 0 Å². The molecule has 144 valence electrons. The van der Waals surface area contributed by atoms with Crippen LogP contribution >= 0.6 is 0 Å². The van der Waals surface area contributed by atoms with Gasteiger partial charge in [-0.2, -0.15) is 0 Å². The van der Waals surface area contributed by atoms with Gasteiger partial charge in [-0.25, -0.2) is 13.2 Å². The van der Waals surface area contributed by atoms with E-state index in [2.05, 4.69) is 0 Å². The lowest BCUT2D eigenvalue weighted by atomic mass is 10.1. The number of phenolic OH excluding ortho intramolecular Hbond substituents is 1. The van der Waals surface area contributed by atoms with Gasteiger partial charge in [0.25, 0.3) is 0 Å². The number of aromatic hydroxyl groups is 1. The van der Waals surface area contributed by atoms with E-state index in [0.717, 1.165) is 0 Å². The topological polar surface area (TPSA) is 80.7 Å². The molecule has 0 atom stereocenters. The van der Waals surface area contributed by atoms with Gasteiger partial charge in [0.1, 0.15) is 17.1 Å². The summed E-state index contributed by atoms with van der Waals surface area (Å²) >= 11 is 0. The Morgan fingerprint density at radius 1 is 0.793 bits per heavy atom. The SMILES string of the molecule is O=C(Oc1ccccc1)c1c(S(=O)(=O)c2ccccc2)cc2ccccc2c1O. The highest BCUT2D eigenvalue weighted by atomic mass is 32.2. The third kappa shape index (κ3) is 3.46. The first-order valence-corrected chi connectivity index (χ1v) is 10.3. The maximum absolute atomic E-state index is 13.3. The molecule has 4 aromatic rings. The highest BCUT2D eigenvalue weighted by molar-refractivity contribution is 7.91. The van der Waals surface area contributed by atoms with E-state index in [4.69, 9.17) is 4.74 Å². The number of sulfone groups is 1. The van der Waals surface area contributed by atoms with Gasteiger partial charge in [-0.3, -0.25) is 0 Å². The quantitative estimate of drug-likeness (QED) is 0.397. The van der Waals surface area contributed by atoms with Crippen molar-refractivity contribution in [2.45, 2.75) is 9.79 Å². The van der Waals surface area contributed by atoms with Crippen LogP contribution in [0.2, 0.25) is 0 Å². The van der Waals surface area contributed by atoms with Gasteiger partial charge in [0.15, 0.2) is 0 Å². The maximum atomic E-state index is 13.3. The lowest BCUT2D eigenvalue weighted by Gasteiger charge is -2.14. The number of ether oxygens (including phenoxy) is 1. The van der Waals surface area contributed by atoms with Crippen molar-refractivity contribution >= 4 is 26.6 Å². The van der Waals surface area contributed by atoms with E-state index >= 15 is 0 Å². The minimum Gasteiger partial charge on any atom is -0.506 e. The van der Waals surface area contributed by atoms with Crippen LogP contribution < -0.4 is 4.74 Å². The second-order valence-corrected chi connectivity index (χ2v) is 8.26. The zero-order chi connectivity index (χ0) is 20.4. The summed E-state index contributed by atoms with van der Waals surface area (Å²) < 4.78 is 31.9. The van der Waals surface area contributed by atoms with Crippen molar-refractivity contribution in [2.24, 2.45) is 0 Å². The van der Waals surface area contributed by atoms with Crippen LogP contribution in [0.5, 0.6) is 11.5 Å². The predicted molar refractivity (Wildman–Crippen MR) is 109 cm³/mol. The molecule has 0 heterocycles. The zero-order valence-electron chi connectivity index (χ0n) is 15.1. The van der Waals surface area contributed by atoms with Crippen LogP contribution in [0.3, 0.4) is 0 Å². The first kappa shape index (κ1) is 18.7. The van der Waals surface area contributed by atoms with Gasteiger partial charge in [-0.15, -0.1) is 0 Å². The molecule has 4 rings (SSSR count). The summed E-state index contributed by atoms with van der Waals surface area (Å²) in [6, 6.07) is 24.1. The van der Waals surface area contributed by atoms with Crippen LogP contribution in [0.25, 0.3) is 10.8 Å². The molecule has 0 bridgehead atoms. The molecule has 29 heavy (non-hydrogen) atoms. The Balaban J connectivity index is 1.96. The molecule has 1 N–H and O–H groups in total. The number of carbonyl (C=O) groups excluding carboxylic acids is 1. The molecule has 0 amide bonds. The van der Waals surface area contributed by atoms with Crippen molar-refractivity contribution in [3.05, 3.63) is 96.6 Å². The fourth-order valence-electron chi connectivity index (χ4n) is 3.09. The molecule has 0 spiro atoms. The average Bonchev–Trinajstić information content (AvgIpc) is 2.75. The summed E-state index contributed by atoms with van der Waals surface area (Å²) in [5, 5.41) is 11.7. The summed E-state index contributed by atoms with van der Waals surface area (Å²) in [5.74, 6) is -1.14. The highest BCUT2D eigenvalue weighted by Gasteiger charge is 2.30. The molecule has 0 aliphatic rings. The second-order valence-electron chi connectivity index (χ2n) is 6.34. The fraction of sp³-hybridized carbons (Fsp3) is 0. The summed E-state index contributed by atoms with van der Waals surface area (Å²) in [5.41, 5.74) is -0.392. The second kappa shape index (κ2) is 7.41. The van der Waals surface area contributed by atoms with Crippen LogP contribution in [-0.4, -0.2) is 19.5 Å². The Morgan fingerprint density at radius 3 is 2.07 bits per heavy atom. The smallest absolute Gasteiger partial charge is 0.348 e. The van der Waals surface area contributed by atoms with E-state index in [-0.39, 0.29) is 15.5 Å². The largest absolute Gasteiger partial charge is 0.506 e. The van der Waals surface area contributed by atoms with E-state index in [0.29, 0.717) is 10.8 Å². The third-order valence-corrected chi connectivity index (χ3v) is 6.28. The van der Waals surface area contributed by atoms with Gasteiger partial charge < -0.3 is 9.84 Å². The van der Waals surface area contributed by atoms with E-state index < -0.39 is 27.1 Å². The number of phenols is 1. The van der Waals surface area contributed by atoms with Gasteiger partial charge in [0.05, 0.1) is 9.79 Å². The number of esters is 1. The Kier molecular flexibility index (Phi) is 4.78. The zero-order valence-corrected chi connectivity index (χ0v) is 16.0. The first-order valence-electron chi connectivity index (χ1n) is 8.80. The van der Waals surface area contributed by atoms with E-state index in [1.54, 1.807) is 72.8 Å². The third-order valence-electron chi connectivity index (χ3n) is 4.49. The van der Waals surface area contributed by atoms with Crippen molar-refractivity contribution in [1.29, 1.82) is 0 Å². The van der Waals surface area contributed by atoms with Crippen LogP contribution in [0.15, 0.2) is 101 Å². The molecule has 0 unspecified atom stereocenters. The number of hydrogen-bond acceptors (Lipinski definition) is 5. The molecule has 0 aliphatic heterocycles. The Bertz CT molecular complexity index is 1300. The highest BCUT2D eigenvalue weighted by Crippen LogP contribution is 2.37. The average molecular weight is 404 g/mol. The van der Waals surface area contributed by atoms with Crippen molar-refractivity contribution in [1.82, 2.24) is 0 Å². The number of carbonyl (C=O) groups is 1. The van der Waals surface area contributed by atoms with Crippen molar-refractivity contribution in [3.8, 4) is 11.5 Å². The minimum absolute atomic E-state index is 0.0171. The predicted octanol–water partition coefficient (Wildman–Crippen LogP) is 4.60. The number of rotatable bonds is 4. The molecule has 0 saturated carbocycles. The number of para-hydroxylation sites is 1. The van der Waals surface area contributed by atoms with E-state index in [1.807, 2.05) is 0 Å². The summed E-state index contributed by atoms with van der Waals surface area (Å²) in [7, 11) is -4.08. The van der Waals surface area contributed by atoms with Gasteiger partial charge in [0, 0.05) is 5.39 Å². The molecule has 0 aliphatic carbocycles. The summed E-state index contributed by atoms with van der Waals surface area (Å²) in [6.07, 6.45) is 0. The summed E-state index contributed by atoms with van der Waals surface area (Å²) in [4.78, 5) is 12.6. The number of benzene rings is 4. The van der Waals surface area contributed by atoms with Gasteiger partial charge in [-0.05, 0) is 35.7 Å². The first-order chi connectivity index (χ1) is 14.0. The lowest BCUT2D eigenvalue weighted by Crippen LogP contribution is -2.15. The molecule has 4 aromatic carbocycles. The van der Waals surface area contributed by atoms with Crippen LogP contribution in [0.1, 0.15) is 10.4 Å². The Hall–Kier alpha value is -3.64. The monoisotopic (exact) mass is 404 g/mol. The molecular weight excluding hydrogens is 388 g/mol. The summed E-state index contributed by atoms with van der Waals surface area (Å²) in [6.45, 7) is 0. The van der Waals surface area contributed by atoms with Gasteiger partial charge in [0.2, 0.25) is 9.84 Å². The lowest BCUT2D eigenvalue weighted by molar-refractivity contribution is 0.0727. The fourth-order valence-corrected chi connectivity index (χ4v) is 4.59. The Labute approximate surface area is 167 Å². The molecule has 0 radical (unpaired) electrons. The molecule has 5 nitrogen and oxygen atoms in total. The van der Waals surface area contributed by atoms with Gasteiger partial charge >= 0.3 is 5.97 Å². The van der Waals surface area contributed by atoms with Crippen LogP contribution in [-0.2, 0) is 9.84 Å². The van der Waals surface area contributed by atoms with Crippen molar-refractivity contribution < 1.29 is 23.1 Å². The molecule has 6 heteroatoms. The molecular formula is C23H16O5S. The van der Waals surface area contributed by atoms with Crippen molar-refractivity contribution in [3.63, 3.8) is 0 Å². The molecule has 0 saturated heterocycles. The molecule has 0 fully saturated rings. The normalized spacial score (nSPS) is 11.3. The number of fused-ring (bicyclic) bond motifs is 1. The van der Waals surface area contributed by atoms with E-state index in [9.17, 15) is 18.3 Å². The maximum Gasteiger partial charge on any atom is 0.348 e. The minimum atomic E-state index is -4.08. The van der Waals surface area contributed by atoms with Crippen LogP contribution in [0.4, 0.5) is 0 Å². The Morgan fingerprint density at radius 2 is 1.38 bits per heavy atom. The van der Waals surface area contributed by atoms with Gasteiger partial charge in [-0.1, -0.05) is 60.7 Å². The van der Waals surface area contributed by atoms with Crippen molar-refractivity contribution in [2.75, 3.05) is 0 Å². The standard InChI is InChI=1S/C23H16O5S/c24-22-19-14-8-7-9-16(19)15-20(29(26,27)18-12-5-2-6-13-18)21(22)23(25)28-17-10-3-1-4-11-17/h1-15,24H. The van der Waals surface area contributed by atoms with E-state index in [1.165, 1.54) is 18.2 Å².